The quantitative estimate of drug-likeness (QED) is 0.579. The van der Waals surface area contributed by atoms with E-state index in [2.05, 4.69) is 86.7 Å². The van der Waals surface area contributed by atoms with E-state index in [0.29, 0.717) is 0 Å². The van der Waals surface area contributed by atoms with Crippen LogP contribution < -0.4 is 15.0 Å². The second-order valence-corrected chi connectivity index (χ2v) is 9.08. The van der Waals surface area contributed by atoms with E-state index >= 15 is 0 Å². The van der Waals surface area contributed by atoms with Crippen molar-refractivity contribution in [3.63, 3.8) is 0 Å². The van der Waals surface area contributed by atoms with Gasteiger partial charge in [0.2, 0.25) is 0 Å². The number of hydrogen-bond donors (Lipinski definition) is 1. The fourth-order valence-electron chi connectivity index (χ4n) is 4.60. The van der Waals surface area contributed by atoms with Crippen molar-refractivity contribution < 1.29 is 9.47 Å². The number of rotatable bonds is 9. The van der Waals surface area contributed by atoms with E-state index in [1.165, 1.54) is 16.8 Å². The number of nitrogens with zero attached hydrogens (tertiary/aromatic N) is 1. The minimum absolute atomic E-state index is 0.0554. The molecule has 1 N–H and O–H groups in total. The number of anilines is 1. The molecule has 4 heteroatoms. The molecule has 0 amide bonds. The number of benzene rings is 2. The largest absolute Gasteiger partial charge is 0.497 e. The van der Waals surface area contributed by atoms with Crippen molar-refractivity contribution in [3.05, 3.63) is 59.7 Å². The van der Waals surface area contributed by atoms with Crippen molar-refractivity contribution in [2.45, 2.75) is 57.1 Å². The third kappa shape index (κ3) is 5.35. The molecule has 164 valence electrons. The first-order chi connectivity index (χ1) is 14.4. The van der Waals surface area contributed by atoms with Gasteiger partial charge in [-0.2, -0.15) is 0 Å². The van der Waals surface area contributed by atoms with E-state index in [1.54, 1.807) is 7.11 Å². The van der Waals surface area contributed by atoms with Gasteiger partial charge in [-0.1, -0.05) is 31.2 Å². The number of nitrogens with one attached hydrogen (secondary N) is 1. The lowest BCUT2D eigenvalue weighted by atomic mass is 9.66. The Labute approximate surface area is 182 Å². The Morgan fingerprint density at radius 3 is 2.37 bits per heavy atom. The van der Waals surface area contributed by atoms with Gasteiger partial charge in [0.05, 0.1) is 12.7 Å². The summed E-state index contributed by atoms with van der Waals surface area (Å²) in [6, 6.07) is 17.5. The molecule has 1 fully saturated rings. The predicted octanol–water partition coefficient (Wildman–Crippen LogP) is 5.16. The summed E-state index contributed by atoms with van der Waals surface area (Å²) in [6.45, 7) is 7.21. The van der Waals surface area contributed by atoms with Gasteiger partial charge < -0.3 is 19.7 Å². The van der Waals surface area contributed by atoms with E-state index in [9.17, 15) is 0 Å². The Balaban J connectivity index is 1.68. The molecule has 0 unspecified atom stereocenters. The lowest BCUT2D eigenvalue weighted by Crippen LogP contribution is -2.46. The summed E-state index contributed by atoms with van der Waals surface area (Å²) in [6.07, 6.45) is 4.26. The van der Waals surface area contributed by atoms with Crippen LogP contribution in [0.2, 0.25) is 0 Å². The number of hydrogen-bond acceptors (Lipinski definition) is 4. The molecule has 1 saturated heterocycles. The number of methoxy groups -OCH3 is 1. The Kier molecular flexibility index (Phi) is 7.43. The first kappa shape index (κ1) is 22.6. The molecule has 1 aliphatic heterocycles. The molecule has 0 saturated carbocycles. The molecule has 0 spiro atoms. The average Bonchev–Trinajstić information content (AvgIpc) is 2.77. The summed E-state index contributed by atoms with van der Waals surface area (Å²) < 4.78 is 11.6. The highest BCUT2D eigenvalue weighted by Gasteiger charge is 2.43. The Bertz CT molecular complexity index is 788. The Morgan fingerprint density at radius 1 is 1.07 bits per heavy atom. The molecule has 1 aliphatic rings. The summed E-state index contributed by atoms with van der Waals surface area (Å²) in [5, 5.41) is 3.68. The van der Waals surface area contributed by atoms with Crippen molar-refractivity contribution in [1.82, 2.24) is 5.32 Å². The molecule has 2 aromatic carbocycles. The molecule has 1 heterocycles. The maximum Gasteiger partial charge on any atom is 0.118 e. The van der Waals surface area contributed by atoms with Crippen LogP contribution in [0.4, 0.5) is 5.69 Å². The monoisotopic (exact) mass is 410 g/mol. The van der Waals surface area contributed by atoms with Crippen LogP contribution in [0.15, 0.2) is 48.5 Å². The zero-order valence-electron chi connectivity index (χ0n) is 19.3. The first-order valence-corrected chi connectivity index (χ1v) is 11.2. The van der Waals surface area contributed by atoms with E-state index in [0.717, 1.165) is 51.1 Å². The molecule has 2 aromatic rings. The molecule has 0 aliphatic carbocycles. The van der Waals surface area contributed by atoms with Crippen LogP contribution in [0.1, 0.15) is 50.7 Å². The molecule has 30 heavy (non-hydrogen) atoms. The average molecular weight is 411 g/mol. The van der Waals surface area contributed by atoms with Crippen LogP contribution in [0.25, 0.3) is 0 Å². The van der Waals surface area contributed by atoms with E-state index in [-0.39, 0.29) is 11.0 Å². The highest BCUT2D eigenvalue weighted by Crippen LogP contribution is 2.45. The smallest absolute Gasteiger partial charge is 0.118 e. The fourth-order valence-corrected chi connectivity index (χ4v) is 4.60. The van der Waals surface area contributed by atoms with Gasteiger partial charge in [0.1, 0.15) is 5.75 Å². The summed E-state index contributed by atoms with van der Waals surface area (Å²) in [7, 11) is 5.87. The summed E-state index contributed by atoms with van der Waals surface area (Å²) in [4.78, 5) is 2.13. The van der Waals surface area contributed by atoms with Crippen molar-refractivity contribution in [2.75, 3.05) is 39.3 Å². The topological polar surface area (TPSA) is 33.7 Å². The third-order valence-corrected chi connectivity index (χ3v) is 6.76. The summed E-state index contributed by atoms with van der Waals surface area (Å²) in [5.41, 5.74) is 4.04. The highest BCUT2D eigenvalue weighted by atomic mass is 16.5. The maximum absolute atomic E-state index is 6.19. The van der Waals surface area contributed by atoms with Crippen LogP contribution in [0.3, 0.4) is 0 Å². The molecule has 3 rings (SSSR count). The lowest BCUT2D eigenvalue weighted by Gasteiger charge is -2.47. The van der Waals surface area contributed by atoms with E-state index < -0.39 is 0 Å². The van der Waals surface area contributed by atoms with Crippen molar-refractivity contribution in [2.24, 2.45) is 0 Å². The highest BCUT2D eigenvalue weighted by molar-refractivity contribution is 5.46. The van der Waals surface area contributed by atoms with Gasteiger partial charge in [-0.25, -0.2) is 0 Å². The van der Waals surface area contributed by atoms with E-state index in [1.807, 2.05) is 0 Å². The zero-order valence-corrected chi connectivity index (χ0v) is 19.3. The Hall–Kier alpha value is -2.04. The minimum atomic E-state index is -0.0554. The zero-order chi connectivity index (χ0) is 21.6. The summed E-state index contributed by atoms with van der Waals surface area (Å²) in [5.74, 6) is 0.915. The minimum Gasteiger partial charge on any atom is -0.497 e. The third-order valence-electron chi connectivity index (χ3n) is 6.76. The van der Waals surface area contributed by atoms with Crippen molar-refractivity contribution >= 4 is 5.69 Å². The van der Waals surface area contributed by atoms with Gasteiger partial charge in [-0.3, -0.25) is 0 Å². The second-order valence-electron chi connectivity index (χ2n) is 9.08. The molecule has 4 nitrogen and oxygen atoms in total. The number of ether oxygens (including phenoxy) is 2. The molecule has 0 radical (unpaired) electrons. The normalized spacial score (nSPS) is 23.9. The van der Waals surface area contributed by atoms with Crippen LogP contribution >= 0.6 is 0 Å². The van der Waals surface area contributed by atoms with Crippen LogP contribution in [-0.2, 0) is 16.7 Å². The van der Waals surface area contributed by atoms with Crippen LogP contribution in [0, 0.1) is 0 Å². The van der Waals surface area contributed by atoms with E-state index in [4.69, 9.17) is 9.47 Å². The van der Waals surface area contributed by atoms with Gasteiger partial charge in [0, 0.05) is 38.3 Å². The maximum atomic E-state index is 6.19. The summed E-state index contributed by atoms with van der Waals surface area (Å²) >= 11 is 0. The SMILES string of the molecule is CC[C@]1(C)C[C@@](CCNCc2ccc(N(C)C)cc2)(c2ccc(OC)cc2)CCO1. The molecule has 2 atom stereocenters. The molecule has 0 bridgehead atoms. The fraction of sp³-hybridized carbons (Fsp3) is 0.538. The van der Waals surface area contributed by atoms with Crippen LogP contribution in [0.5, 0.6) is 5.75 Å². The molecule has 0 aromatic heterocycles. The van der Waals surface area contributed by atoms with Gasteiger partial charge in [-0.05, 0) is 74.5 Å². The van der Waals surface area contributed by atoms with Crippen molar-refractivity contribution in [3.8, 4) is 5.75 Å². The standard InChI is InChI=1S/C26H38N2O2/c1-6-25(2)20-26(16-18-30-25,22-9-13-24(29-5)14-10-22)15-17-27-19-21-7-11-23(12-8-21)28(3)4/h7-14,27H,6,15-20H2,1-5H3/t25-,26+/m1/s1. The van der Waals surface area contributed by atoms with Crippen LogP contribution in [-0.4, -0.2) is 40.0 Å². The van der Waals surface area contributed by atoms with Gasteiger partial charge >= 0.3 is 0 Å². The van der Waals surface area contributed by atoms with Gasteiger partial charge in [0.15, 0.2) is 0 Å². The van der Waals surface area contributed by atoms with Gasteiger partial charge in [-0.15, -0.1) is 0 Å². The Morgan fingerprint density at radius 2 is 1.77 bits per heavy atom. The molecular weight excluding hydrogens is 372 g/mol. The van der Waals surface area contributed by atoms with Gasteiger partial charge in [0.25, 0.3) is 0 Å². The molecular formula is C26H38N2O2. The second kappa shape index (κ2) is 9.84. The predicted molar refractivity (Wildman–Crippen MR) is 126 cm³/mol. The first-order valence-electron chi connectivity index (χ1n) is 11.2. The lowest BCUT2D eigenvalue weighted by molar-refractivity contribution is -0.0979. The van der Waals surface area contributed by atoms with Crippen molar-refractivity contribution in [1.29, 1.82) is 0 Å².